The maximum Gasteiger partial charge on any atom is 0.251 e. The van der Waals surface area contributed by atoms with Gasteiger partial charge in [0.05, 0.1) is 0 Å². The Morgan fingerprint density at radius 2 is 1.76 bits per heavy atom. The molecule has 1 aromatic carbocycles. The smallest absolute Gasteiger partial charge is 0.251 e. The first-order chi connectivity index (χ1) is 9.88. The Morgan fingerprint density at radius 3 is 2.43 bits per heavy atom. The van der Waals surface area contributed by atoms with Crippen molar-refractivity contribution in [1.29, 1.82) is 0 Å². The molecule has 1 amide bonds. The molecule has 0 spiro atoms. The van der Waals surface area contributed by atoms with E-state index in [4.69, 9.17) is 0 Å². The summed E-state index contributed by atoms with van der Waals surface area (Å²) >= 11 is 0. The fourth-order valence-corrected chi connectivity index (χ4v) is 2.14. The summed E-state index contributed by atoms with van der Waals surface area (Å²) < 4.78 is 1.44. The number of amides is 1. The molecule has 1 heterocycles. The summed E-state index contributed by atoms with van der Waals surface area (Å²) in [7, 11) is 0. The number of hydrogen-bond donors (Lipinski definition) is 1. The van der Waals surface area contributed by atoms with Crippen LogP contribution >= 0.6 is 0 Å². The summed E-state index contributed by atoms with van der Waals surface area (Å²) in [5, 5.41) is 2.89. The Hall–Kier alpha value is -2.36. The average molecular weight is 284 g/mol. The lowest BCUT2D eigenvalue weighted by Gasteiger charge is -2.16. The highest BCUT2D eigenvalue weighted by Gasteiger charge is 2.16. The molecule has 2 aromatic rings. The van der Waals surface area contributed by atoms with E-state index in [1.807, 2.05) is 45.0 Å². The molecule has 4 nitrogen and oxygen atoms in total. The second kappa shape index (κ2) is 5.95. The number of pyridine rings is 1. The molecule has 0 fully saturated rings. The Labute approximate surface area is 124 Å². The van der Waals surface area contributed by atoms with Crippen molar-refractivity contribution in [2.24, 2.45) is 0 Å². The third kappa shape index (κ3) is 3.40. The minimum Gasteiger partial charge on any atom is -0.324 e. The quantitative estimate of drug-likeness (QED) is 0.942. The van der Waals surface area contributed by atoms with E-state index in [1.54, 1.807) is 13.1 Å². The van der Waals surface area contributed by atoms with Crippen LogP contribution in [0.4, 0.5) is 5.69 Å². The molecule has 2 rings (SSSR count). The Bertz CT molecular complexity index is 732. The van der Waals surface area contributed by atoms with E-state index in [1.165, 1.54) is 10.6 Å². The maximum atomic E-state index is 12.3. The van der Waals surface area contributed by atoms with E-state index in [2.05, 4.69) is 5.32 Å². The summed E-state index contributed by atoms with van der Waals surface area (Å²) in [5.41, 5.74) is 3.58. The van der Waals surface area contributed by atoms with Gasteiger partial charge in [-0.05, 0) is 56.5 Å². The van der Waals surface area contributed by atoms with Crippen LogP contribution in [0.2, 0.25) is 0 Å². The molecule has 0 bridgehead atoms. The van der Waals surface area contributed by atoms with Gasteiger partial charge in [-0.3, -0.25) is 9.59 Å². The van der Waals surface area contributed by atoms with Gasteiger partial charge < -0.3 is 9.88 Å². The number of anilines is 1. The molecular formula is C17H20N2O2. The van der Waals surface area contributed by atoms with Crippen LogP contribution in [0.1, 0.15) is 29.7 Å². The minimum atomic E-state index is -0.557. The van der Waals surface area contributed by atoms with Gasteiger partial charge in [0.25, 0.3) is 5.56 Å². The molecule has 0 aliphatic carbocycles. The minimum absolute atomic E-state index is 0.168. The lowest BCUT2D eigenvalue weighted by molar-refractivity contribution is -0.118. The Kier molecular flexibility index (Phi) is 4.26. The normalized spacial score (nSPS) is 12.0. The molecule has 4 heteroatoms. The third-order valence-corrected chi connectivity index (χ3v) is 3.55. The van der Waals surface area contributed by atoms with Crippen LogP contribution in [0.3, 0.4) is 0 Å². The van der Waals surface area contributed by atoms with E-state index in [9.17, 15) is 9.59 Å². The van der Waals surface area contributed by atoms with Crippen LogP contribution in [-0.4, -0.2) is 10.5 Å². The molecule has 0 aliphatic heterocycles. The number of aryl methyl sites for hydroxylation is 3. The summed E-state index contributed by atoms with van der Waals surface area (Å²) in [5.74, 6) is -0.199. The predicted molar refractivity (Wildman–Crippen MR) is 84.7 cm³/mol. The third-order valence-electron chi connectivity index (χ3n) is 3.55. The van der Waals surface area contributed by atoms with E-state index in [0.29, 0.717) is 0 Å². The standard InChI is InChI=1S/C17H20N2O2/c1-11-5-6-13(3)15(9-11)18-17(21)14(4)19-8-7-12(2)10-16(19)20/h5-10,14H,1-4H3,(H,18,21). The monoisotopic (exact) mass is 284 g/mol. The first-order valence-electron chi connectivity index (χ1n) is 6.95. The van der Waals surface area contributed by atoms with Crippen LogP contribution in [0, 0.1) is 20.8 Å². The molecule has 1 unspecified atom stereocenters. The predicted octanol–water partition coefficient (Wildman–Crippen LogP) is 2.97. The van der Waals surface area contributed by atoms with Crippen LogP contribution in [-0.2, 0) is 4.79 Å². The van der Waals surface area contributed by atoms with Crippen molar-refractivity contribution in [3.8, 4) is 0 Å². The lowest BCUT2D eigenvalue weighted by Crippen LogP contribution is -2.31. The van der Waals surface area contributed by atoms with E-state index < -0.39 is 6.04 Å². The molecule has 110 valence electrons. The van der Waals surface area contributed by atoms with E-state index in [-0.39, 0.29) is 11.5 Å². The van der Waals surface area contributed by atoms with Gasteiger partial charge in [0, 0.05) is 18.0 Å². The van der Waals surface area contributed by atoms with Crippen molar-refractivity contribution in [3.63, 3.8) is 0 Å². The average Bonchev–Trinajstić information content (AvgIpc) is 2.42. The summed E-state index contributed by atoms with van der Waals surface area (Å²) in [6.07, 6.45) is 1.66. The molecule has 1 atom stereocenters. The lowest BCUT2D eigenvalue weighted by atomic mass is 10.1. The van der Waals surface area contributed by atoms with Gasteiger partial charge in [0.1, 0.15) is 6.04 Å². The van der Waals surface area contributed by atoms with Crippen LogP contribution < -0.4 is 10.9 Å². The van der Waals surface area contributed by atoms with Crippen molar-refractivity contribution in [3.05, 3.63) is 63.6 Å². The molecule has 0 saturated carbocycles. The highest BCUT2D eigenvalue weighted by Crippen LogP contribution is 2.18. The highest BCUT2D eigenvalue weighted by atomic mass is 16.2. The van der Waals surface area contributed by atoms with Crippen LogP contribution in [0.5, 0.6) is 0 Å². The van der Waals surface area contributed by atoms with Crippen molar-refractivity contribution < 1.29 is 4.79 Å². The van der Waals surface area contributed by atoms with Gasteiger partial charge in [0.2, 0.25) is 5.91 Å². The SMILES string of the molecule is Cc1ccc(C)c(NC(=O)C(C)n2ccc(C)cc2=O)c1. The van der Waals surface area contributed by atoms with Gasteiger partial charge >= 0.3 is 0 Å². The fraction of sp³-hybridized carbons (Fsp3) is 0.294. The number of nitrogens with zero attached hydrogens (tertiary/aromatic N) is 1. The molecule has 0 saturated heterocycles. The zero-order valence-corrected chi connectivity index (χ0v) is 12.8. The Balaban J connectivity index is 2.23. The number of carbonyl (C=O) groups excluding carboxylic acids is 1. The number of aromatic nitrogens is 1. The largest absolute Gasteiger partial charge is 0.324 e. The van der Waals surface area contributed by atoms with Crippen LogP contribution in [0.15, 0.2) is 41.3 Å². The van der Waals surface area contributed by atoms with Crippen molar-refractivity contribution in [1.82, 2.24) is 4.57 Å². The summed E-state index contributed by atoms with van der Waals surface area (Å²) in [4.78, 5) is 24.3. The number of hydrogen-bond acceptors (Lipinski definition) is 2. The van der Waals surface area contributed by atoms with Gasteiger partial charge in [-0.15, -0.1) is 0 Å². The Morgan fingerprint density at radius 1 is 1.10 bits per heavy atom. The second-order valence-electron chi connectivity index (χ2n) is 5.43. The molecule has 0 radical (unpaired) electrons. The van der Waals surface area contributed by atoms with Crippen molar-refractivity contribution >= 4 is 11.6 Å². The second-order valence-corrected chi connectivity index (χ2v) is 5.43. The number of nitrogens with one attached hydrogen (secondary N) is 1. The first-order valence-corrected chi connectivity index (χ1v) is 6.95. The maximum absolute atomic E-state index is 12.3. The molecule has 0 aliphatic rings. The molecule has 1 N–H and O–H groups in total. The van der Waals surface area contributed by atoms with E-state index >= 15 is 0 Å². The number of benzene rings is 1. The van der Waals surface area contributed by atoms with Crippen molar-refractivity contribution in [2.75, 3.05) is 5.32 Å². The number of rotatable bonds is 3. The zero-order chi connectivity index (χ0) is 15.6. The zero-order valence-electron chi connectivity index (χ0n) is 12.8. The highest BCUT2D eigenvalue weighted by molar-refractivity contribution is 5.94. The van der Waals surface area contributed by atoms with Gasteiger partial charge in [0.15, 0.2) is 0 Å². The van der Waals surface area contributed by atoms with Crippen molar-refractivity contribution in [2.45, 2.75) is 33.7 Å². The van der Waals surface area contributed by atoms with E-state index in [0.717, 1.165) is 22.4 Å². The summed E-state index contributed by atoms with van der Waals surface area (Å²) in [6, 6.07) is 8.69. The first kappa shape index (κ1) is 15.0. The van der Waals surface area contributed by atoms with Gasteiger partial charge in [-0.25, -0.2) is 0 Å². The fourth-order valence-electron chi connectivity index (χ4n) is 2.14. The van der Waals surface area contributed by atoms with Crippen LogP contribution in [0.25, 0.3) is 0 Å². The molecular weight excluding hydrogens is 264 g/mol. The molecule has 21 heavy (non-hydrogen) atoms. The van der Waals surface area contributed by atoms with Gasteiger partial charge in [-0.2, -0.15) is 0 Å². The molecule has 1 aromatic heterocycles. The number of carbonyl (C=O) groups is 1. The topological polar surface area (TPSA) is 51.1 Å². The summed E-state index contributed by atoms with van der Waals surface area (Å²) in [6.45, 7) is 7.49. The van der Waals surface area contributed by atoms with Gasteiger partial charge in [-0.1, -0.05) is 12.1 Å².